The molecule has 1 amide bonds. The van der Waals surface area contributed by atoms with Crippen LogP contribution < -0.4 is 5.32 Å². The van der Waals surface area contributed by atoms with E-state index in [1.165, 1.54) is 23.0 Å². The van der Waals surface area contributed by atoms with Crippen LogP contribution in [-0.4, -0.2) is 55.3 Å². The zero-order chi connectivity index (χ0) is 19.3. The highest BCUT2D eigenvalue weighted by molar-refractivity contribution is 5.76. The molecule has 2 aromatic heterocycles. The van der Waals surface area contributed by atoms with Crippen molar-refractivity contribution in [3.8, 4) is 0 Å². The Balaban J connectivity index is 2.09. The van der Waals surface area contributed by atoms with E-state index in [4.69, 9.17) is 0 Å². The molecule has 0 aliphatic heterocycles. The molecule has 11 heteroatoms. The standard InChI is InChI=1S/C15H20F3N7O/c1-10(2)24(3)8-12-21-22-23-25(12)9-13(26)20-14(15(16,17)18)11-5-4-6-19-7-11/h4-7,10,14H,8-9H2,1-3H3,(H,20,26)/t14-/m1/s1. The molecular weight excluding hydrogens is 351 g/mol. The summed E-state index contributed by atoms with van der Waals surface area (Å²) in [5.74, 6) is -0.460. The summed E-state index contributed by atoms with van der Waals surface area (Å²) in [5, 5.41) is 13.0. The minimum atomic E-state index is -4.65. The van der Waals surface area contributed by atoms with Crippen LogP contribution in [0.5, 0.6) is 0 Å². The van der Waals surface area contributed by atoms with Crippen LogP contribution in [0.15, 0.2) is 24.5 Å². The van der Waals surface area contributed by atoms with Crippen molar-refractivity contribution in [3.63, 3.8) is 0 Å². The van der Waals surface area contributed by atoms with Crippen molar-refractivity contribution in [3.05, 3.63) is 35.9 Å². The maximum Gasteiger partial charge on any atom is 0.412 e. The summed E-state index contributed by atoms with van der Waals surface area (Å²) in [6.07, 6.45) is -2.23. The van der Waals surface area contributed by atoms with Gasteiger partial charge in [-0.2, -0.15) is 13.2 Å². The Morgan fingerprint density at radius 2 is 2.12 bits per heavy atom. The fourth-order valence-corrected chi connectivity index (χ4v) is 2.11. The lowest BCUT2D eigenvalue weighted by Gasteiger charge is -2.22. The van der Waals surface area contributed by atoms with Crippen molar-refractivity contribution in [2.75, 3.05) is 7.05 Å². The highest BCUT2D eigenvalue weighted by Gasteiger charge is 2.42. The fourth-order valence-electron chi connectivity index (χ4n) is 2.11. The van der Waals surface area contributed by atoms with Crippen molar-refractivity contribution in [1.29, 1.82) is 0 Å². The molecule has 0 radical (unpaired) electrons. The first-order valence-corrected chi connectivity index (χ1v) is 7.89. The van der Waals surface area contributed by atoms with Gasteiger partial charge in [0, 0.05) is 24.0 Å². The van der Waals surface area contributed by atoms with Gasteiger partial charge in [-0.25, -0.2) is 4.68 Å². The molecule has 142 valence electrons. The van der Waals surface area contributed by atoms with Crippen molar-refractivity contribution in [2.24, 2.45) is 0 Å². The molecule has 0 aromatic carbocycles. The number of rotatable bonds is 7. The van der Waals surface area contributed by atoms with Gasteiger partial charge in [-0.15, -0.1) is 5.10 Å². The van der Waals surface area contributed by atoms with Crippen LogP contribution in [0, 0.1) is 0 Å². The van der Waals surface area contributed by atoms with E-state index in [0.29, 0.717) is 12.4 Å². The SMILES string of the molecule is CC(C)N(C)Cc1nnnn1CC(=O)N[C@H](c1cccnc1)C(F)(F)F. The van der Waals surface area contributed by atoms with Gasteiger partial charge in [-0.3, -0.25) is 14.7 Å². The predicted molar refractivity (Wildman–Crippen MR) is 85.6 cm³/mol. The number of nitrogens with one attached hydrogen (secondary N) is 1. The van der Waals surface area contributed by atoms with Crippen molar-refractivity contribution >= 4 is 5.91 Å². The lowest BCUT2D eigenvalue weighted by atomic mass is 10.1. The molecule has 0 saturated heterocycles. The van der Waals surface area contributed by atoms with E-state index in [9.17, 15) is 18.0 Å². The molecule has 1 atom stereocenters. The normalized spacial score (nSPS) is 13.2. The highest BCUT2D eigenvalue weighted by atomic mass is 19.4. The Bertz CT molecular complexity index is 718. The zero-order valence-electron chi connectivity index (χ0n) is 14.6. The summed E-state index contributed by atoms with van der Waals surface area (Å²) in [6, 6.07) is 0.698. The Hall–Kier alpha value is -2.56. The van der Waals surface area contributed by atoms with Crippen molar-refractivity contribution in [1.82, 2.24) is 35.4 Å². The summed E-state index contributed by atoms with van der Waals surface area (Å²) >= 11 is 0. The summed E-state index contributed by atoms with van der Waals surface area (Å²) in [7, 11) is 1.85. The third-order valence-electron chi connectivity index (χ3n) is 3.82. The van der Waals surface area contributed by atoms with Gasteiger partial charge in [0.15, 0.2) is 11.9 Å². The number of halogens is 3. The van der Waals surface area contributed by atoms with Crippen LogP contribution in [0.2, 0.25) is 0 Å². The summed E-state index contributed by atoms with van der Waals surface area (Å²) in [6.45, 7) is 3.90. The smallest absolute Gasteiger partial charge is 0.339 e. The summed E-state index contributed by atoms with van der Waals surface area (Å²) < 4.78 is 41.1. The van der Waals surface area contributed by atoms with Gasteiger partial charge < -0.3 is 5.32 Å². The van der Waals surface area contributed by atoms with E-state index in [1.54, 1.807) is 0 Å². The largest absolute Gasteiger partial charge is 0.412 e. The predicted octanol–water partition coefficient (Wildman–Crippen LogP) is 1.33. The van der Waals surface area contributed by atoms with Gasteiger partial charge in [0.25, 0.3) is 0 Å². The number of hydrogen-bond donors (Lipinski definition) is 1. The van der Waals surface area contributed by atoms with E-state index in [1.807, 2.05) is 31.1 Å². The van der Waals surface area contributed by atoms with Crippen LogP contribution in [0.1, 0.15) is 31.3 Å². The number of tetrazole rings is 1. The highest BCUT2D eigenvalue weighted by Crippen LogP contribution is 2.32. The third-order valence-corrected chi connectivity index (χ3v) is 3.82. The molecule has 0 aliphatic rings. The lowest BCUT2D eigenvalue weighted by Crippen LogP contribution is -2.40. The Morgan fingerprint density at radius 1 is 1.38 bits per heavy atom. The fraction of sp³-hybridized carbons (Fsp3) is 0.533. The Kier molecular flexibility index (Phi) is 6.24. The van der Waals surface area contributed by atoms with E-state index < -0.39 is 24.7 Å². The number of pyridine rings is 1. The molecule has 1 N–H and O–H groups in total. The van der Waals surface area contributed by atoms with Gasteiger partial charge in [-0.05, 0) is 37.4 Å². The second kappa shape index (κ2) is 8.21. The second-order valence-corrected chi connectivity index (χ2v) is 6.09. The molecule has 0 unspecified atom stereocenters. The van der Waals surface area contributed by atoms with Crippen LogP contribution >= 0.6 is 0 Å². The Morgan fingerprint density at radius 3 is 2.69 bits per heavy atom. The van der Waals surface area contributed by atoms with Crippen LogP contribution in [0.3, 0.4) is 0 Å². The minimum Gasteiger partial charge on any atom is -0.339 e. The van der Waals surface area contributed by atoms with Gasteiger partial charge in [0.2, 0.25) is 5.91 Å². The molecule has 2 heterocycles. The first-order valence-electron chi connectivity index (χ1n) is 7.89. The molecule has 2 aromatic rings. The third kappa shape index (κ3) is 5.22. The number of alkyl halides is 3. The summed E-state index contributed by atoms with van der Waals surface area (Å²) in [5.41, 5.74) is -0.148. The number of hydrogen-bond acceptors (Lipinski definition) is 6. The molecule has 8 nitrogen and oxygen atoms in total. The molecule has 0 bridgehead atoms. The molecule has 0 fully saturated rings. The molecule has 2 rings (SSSR count). The van der Waals surface area contributed by atoms with Gasteiger partial charge in [0.1, 0.15) is 6.54 Å². The first-order chi connectivity index (χ1) is 12.2. The van der Waals surface area contributed by atoms with Gasteiger partial charge in [0.05, 0.1) is 6.54 Å². The Labute approximate surface area is 148 Å². The van der Waals surface area contributed by atoms with E-state index in [0.717, 1.165) is 6.20 Å². The van der Waals surface area contributed by atoms with Crippen LogP contribution in [-0.2, 0) is 17.9 Å². The maximum absolute atomic E-state index is 13.3. The number of carbonyl (C=O) groups is 1. The van der Waals surface area contributed by atoms with E-state index in [2.05, 4.69) is 20.5 Å². The topological polar surface area (TPSA) is 88.8 Å². The molecule has 0 aliphatic carbocycles. The average molecular weight is 371 g/mol. The van der Waals surface area contributed by atoms with Gasteiger partial charge >= 0.3 is 6.18 Å². The monoisotopic (exact) mass is 371 g/mol. The molecule has 0 saturated carbocycles. The first kappa shape index (κ1) is 19.8. The lowest BCUT2D eigenvalue weighted by molar-refractivity contribution is -0.163. The van der Waals surface area contributed by atoms with E-state index in [-0.39, 0.29) is 11.6 Å². The number of nitrogens with zero attached hydrogens (tertiary/aromatic N) is 6. The van der Waals surface area contributed by atoms with E-state index >= 15 is 0 Å². The number of aromatic nitrogens is 5. The van der Waals surface area contributed by atoms with Crippen molar-refractivity contribution < 1.29 is 18.0 Å². The quantitative estimate of drug-likeness (QED) is 0.790. The summed E-state index contributed by atoms with van der Waals surface area (Å²) in [4.78, 5) is 17.8. The van der Waals surface area contributed by atoms with Gasteiger partial charge in [-0.1, -0.05) is 6.07 Å². The zero-order valence-corrected chi connectivity index (χ0v) is 14.6. The van der Waals surface area contributed by atoms with Crippen molar-refractivity contribution in [2.45, 2.75) is 45.2 Å². The second-order valence-electron chi connectivity index (χ2n) is 6.09. The molecule has 0 spiro atoms. The number of carbonyl (C=O) groups excluding carboxylic acids is 1. The molecule has 26 heavy (non-hydrogen) atoms. The average Bonchev–Trinajstić information content (AvgIpc) is 2.99. The number of amides is 1. The van der Waals surface area contributed by atoms with Crippen LogP contribution in [0.4, 0.5) is 13.2 Å². The minimum absolute atomic E-state index is 0.148. The van der Waals surface area contributed by atoms with Crippen LogP contribution in [0.25, 0.3) is 0 Å². The molecular formula is C15H20F3N7O. The maximum atomic E-state index is 13.3.